The van der Waals surface area contributed by atoms with E-state index in [1.54, 1.807) is 11.3 Å². The highest BCUT2D eigenvalue weighted by Crippen LogP contribution is 2.31. The quantitative estimate of drug-likeness (QED) is 0.537. The standard InChI is InChI=1S/C22H22ClN3O2S/c23-17-9-10-18-20(15-17)29-22(24-18)26-13-11-25(12-14-26)21(28)8-4-7-19(27)16-5-2-1-3-6-16/h1-3,5-6,9-10,15H,4,7-8,11-14H2. The average Bonchev–Trinajstić information content (AvgIpc) is 3.17. The van der Waals surface area contributed by atoms with Gasteiger partial charge in [-0.25, -0.2) is 4.98 Å². The number of benzene rings is 2. The maximum absolute atomic E-state index is 12.5. The van der Waals surface area contributed by atoms with Crippen molar-refractivity contribution in [2.75, 3.05) is 31.1 Å². The van der Waals surface area contributed by atoms with Crippen molar-refractivity contribution >= 4 is 50.0 Å². The Balaban J connectivity index is 1.25. The summed E-state index contributed by atoms with van der Waals surface area (Å²) in [5, 5.41) is 1.69. The van der Waals surface area contributed by atoms with E-state index in [0.717, 1.165) is 28.4 Å². The van der Waals surface area contributed by atoms with Crippen molar-refractivity contribution in [1.29, 1.82) is 0 Å². The summed E-state index contributed by atoms with van der Waals surface area (Å²) >= 11 is 7.70. The third-order valence-electron chi connectivity index (χ3n) is 5.13. The maximum Gasteiger partial charge on any atom is 0.222 e. The van der Waals surface area contributed by atoms with E-state index in [1.807, 2.05) is 53.4 Å². The number of Topliss-reactive ketones (excluding diaryl/α,β-unsaturated/α-hetero) is 1. The van der Waals surface area contributed by atoms with Crippen molar-refractivity contribution in [3.05, 3.63) is 59.1 Å². The van der Waals surface area contributed by atoms with E-state index in [-0.39, 0.29) is 11.7 Å². The summed E-state index contributed by atoms with van der Waals surface area (Å²) in [5.41, 5.74) is 1.67. The van der Waals surface area contributed by atoms with Gasteiger partial charge in [0.2, 0.25) is 5.91 Å². The lowest BCUT2D eigenvalue weighted by Gasteiger charge is -2.34. The molecule has 1 aliphatic rings. The number of fused-ring (bicyclic) bond motifs is 1. The second-order valence-electron chi connectivity index (χ2n) is 7.12. The predicted molar refractivity (Wildman–Crippen MR) is 118 cm³/mol. The molecule has 0 N–H and O–H groups in total. The van der Waals surface area contributed by atoms with Crippen LogP contribution in [0.1, 0.15) is 29.6 Å². The molecule has 1 aromatic heterocycles. The SMILES string of the molecule is O=C(CCCC(=O)N1CCN(c2nc3ccc(Cl)cc3s2)CC1)c1ccccc1. The number of carbonyl (C=O) groups excluding carboxylic acids is 2. The molecule has 0 radical (unpaired) electrons. The Hall–Kier alpha value is -2.44. The molecule has 0 aliphatic carbocycles. The number of hydrogen-bond acceptors (Lipinski definition) is 5. The van der Waals surface area contributed by atoms with Crippen molar-refractivity contribution in [2.24, 2.45) is 0 Å². The van der Waals surface area contributed by atoms with Crippen LogP contribution in [-0.4, -0.2) is 47.8 Å². The van der Waals surface area contributed by atoms with Gasteiger partial charge in [0.15, 0.2) is 10.9 Å². The fourth-order valence-corrected chi connectivity index (χ4v) is 4.79. The van der Waals surface area contributed by atoms with Gasteiger partial charge in [-0.05, 0) is 24.6 Å². The molecule has 7 heteroatoms. The number of nitrogens with zero attached hydrogens (tertiary/aromatic N) is 3. The van der Waals surface area contributed by atoms with Crippen molar-refractivity contribution in [3.63, 3.8) is 0 Å². The van der Waals surface area contributed by atoms with Crippen LogP contribution < -0.4 is 4.90 Å². The summed E-state index contributed by atoms with van der Waals surface area (Å²) < 4.78 is 1.08. The zero-order chi connectivity index (χ0) is 20.2. The molecule has 5 nitrogen and oxygen atoms in total. The number of anilines is 1. The van der Waals surface area contributed by atoms with E-state index < -0.39 is 0 Å². The summed E-state index contributed by atoms with van der Waals surface area (Å²) in [4.78, 5) is 33.5. The number of amides is 1. The van der Waals surface area contributed by atoms with E-state index >= 15 is 0 Å². The van der Waals surface area contributed by atoms with E-state index in [1.165, 1.54) is 0 Å². The molecule has 150 valence electrons. The second kappa shape index (κ2) is 8.93. The Kier molecular flexibility index (Phi) is 6.11. The van der Waals surface area contributed by atoms with Gasteiger partial charge in [0.1, 0.15) is 0 Å². The molecule has 3 aromatic rings. The highest BCUT2D eigenvalue weighted by molar-refractivity contribution is 7.22. The van der Waals surface area contributed by atoms with Crippen molar-refractivity contribution < 1.29 is 9.59 Å². The number of ketones is 1. The third kappa shape index (κ3) is 4.77. The van der Waals surface area contributed by atoms with E-state index in [9.17, 15) is 9.59 Å². The zero-order valence-corrected chi connectivity index (χ0v) is 17.6. The van der Waals surface area contributed by atoms with Crippen molar-refractivity contribution in [1.82, 2.24) is 9.88 Å². The molecule has 0 saturated carbocycles. The number of aromatic nitrogens is 1. The van der Waals surface area contributed by atoms with Crippen LogP contribution in [0.5, 0.6) is 0 Å². The van der Waals surface area contributed by atoms with Crippen LogP contribution in [0.4, 0.5) is 5.13 Å². The number of hydrogen-bond donors (Lipinski definition) is 0. The predicted octanol–water partition coefficient (Wildman–Crippen LogP) is 4.65. The van der Waals surface area contributed by atoms with E-state index in [0.29, 0.717) is 42.9 Å². The summed E-state index contributed by atoms with van der Waals surface area (Å²) in [6.45, 7) is 2.90. The molecule has 0 bridgehead atoms. The number of piperazine rings is 1. The van der Waals surface area contributed by atoms with Crippen molar-refractivity contribution in [3.8, 4) is 0 Å². The highest BCUT2D eigenvalue weighted by Gasteiger charge is 2.23. The van der Waals surface area contributed by atoms with Crippen LogP contribution in [0.25, 0.3) is 10.2 Å². The maximum atomic E-state index is 12.5. The van der Waals surface area contributed by atoms with E-state index in [4.69, 9.17) is 16.6 Å². The average molecular weight is 428 g/mol. The summed E-state index contributed by atoms with van der Waals surface area (Å²) in [5.74, 6) is 0.223. The van der Waals surface area contributed by atoms with Gasteiger partial charge in [-0.3, -0.25) is 9.59 Å². The number of halogens is 1. The lowest BCUT2D eigenvalue weighted by Crippen LogP contribution is -2.48. The molecule has 29 heavy (non-hydrogen) atoms. The van der Waals surface area contributed by atoms with Gasteiger partial charge in [0, 0.05) is 49.6 Å². The molecule has 0 spiro atoms. The Morgan fingerprint density at radius 1 is 1.00 bits per heavy atom. The van der Waals surface area contributed by atoms with Crippen LogP contribution in [-0.2, 0) is 4.79 Å². The lowest BCUT2D eigenvalue weighted by molar-refractivity contribution is -0.131. The Morgan fingerprint density at radius 3 is 2.52 bits per heavy atom. The first-order chi connectivity index (χ1) is 14.1. The molecule has 1 fully saturated rings. The first-order valence-electron chi connectivity index (χ1n) is 9.77. The summed E-state index contributed by atoms with van der Waals surface area (Å²) in [6.07, 6.45) is 1.41. The number of rotatable bonds is 6. The van der Waals surface area contributed by atoms with Gasteiger partial charge in [0.25, 0.3) is 0 Å². The Labute approximate surface area is 178 Å². The van der Waals surface area contributed by atoms with Crippen LogP contribution in [0.15, 0.2) is 48.5 Å². The zero-order valence-electron chi connectivity index (χ0n) is 16.0. The van der Waals surface area contributed by atoms with Gasteiger partial charge < -0.3 is 9.80 Å². The molecule has 1 amide bonds. The lowest BCUT2D eigenvalue weighted by atomic mass is 10.1. The molecule has 2 aromatic carbocycles. The minimum atomic E-state index is 0.0964. The summed E-state index contributed by atoms with van der Waals surface area (Å²) in [6, 6.07) is 15.0. The molecular weight excluding hydrogens is 406 g/mol. The first-order valence-corrected chi connectivity index (χ1v) is 11.0. The van der Waals surface area contributed by atoms with Gasteiger partial charge in [-0.1, -0.05) is 53.3 Å². The molecule has 4 rings (SSSR count). The van der Waals surface area contributed by atoms with Gasteiger partial charge >= 0.3 is 0 Å². The van der Waals surface area contributed by atoms with Crippen LogP contribution in [0.2, 0.25) is 5.02 Å². The minimum Gasteiger partial charge on any atom is -0.345 e. The Morgan fingerprint density at radius 2 is 1.76 bits per heavy atom. The molecule has 0 unspecified atom stereocenters. The number of carbonyl (C=O) groups is 2. The van der Waals surface area contributed by atoms with Crippen LogP contribution in [0, 0.1) is 0 Å². The normalized spacial score (nSPS) is 14.4. The minimum absolute atomic E-state index is 0.0964. The first kappa shape index (κ1) is 19.9. The van der Waals surface area contributed by atoms with Crippen LogP contribution >= 0.6 is 22.9 Å². The molecule has 2 heterocycles. The summed E-state index contributed by atoms with van der Waals surface area (Å²) in [7, 11) is 0. The van der Waals surface area contributed by atoms with Gasteiger partial charge in [0.05, 0.1) is 10.2 Å². The Bertz CT molecular complexity index is 1010. The van der Waals surface area contributed by atoms with Crippen LogP contribution in [0.3, 0.4) is 0 Å². The van der Waals surface area contributed by atoms with Gasteiger partial charge in [-0.2, -0.15) is 0 Å². The van der Waals surface area contributed by atoms with Gasteiger partial charge in [-0.15, -0.1) is 0 Å². The highest BCUT2D eigenvalue weighted by atomic mass is 35.5. The molecule has 0 atom stereocenters. The largest absolute Gasteiger partial charge is 0.345 e. The topological polar surface area (TPSA) is 53.5 Å². The second-order valence-corrected chi connectivity index (χ2v) is 8.56. The fraction of sp³-hybridized carbons (Fsp3) is 0.318. The van der Waals surface area contributed by atoms with Crippen molar-refractivity contribution in [2.45, 2.75) is 19.3 Å². The monoisotopic (exact) mass is 427 g/mol. The smallest absolute Gasteiger partial charge is 0.222 e. The molecule has 1 aliphatic heterocycles. The molecular formula is C22H22ClN3O2S. The van der Waals surface area contributed by atoms with E-state index in [2.05, 4.69) is 4.90 Å². The third-order valence-corrected chi connectivity index (χ3v) is 6.45. The number of thiazole rings is 1. The molecule has 1 saturated heterocycles. The fourth-order valence-electron chi connectivity index (χ4n) is 3.50.